The number of thiophene rings is 1. The van der Waals surface area contributed by atoms with Gasteiger partial charge in [-0.05, 0) is 50.1 Å². The van der Waals surface area contributed by atoms with Crippen molar-refractivity contribution in [1.29, 1.82) is 0 Å². The molecule has 1 atom stereocenters. The van der Waals surface area contributed by atoms with Crippen LogP contribution >= 0.6 is 23.1 Å². The van der Waals surface area contributed by atoms with Gasteiger partial charge in [0.1, 0.15) is 5.00 Å². The third-order valence-electron chi connectivity index (χ3n) is 4.38. The number of nitrogens with two attached hydrogens (primary N) is 1. The quantitative estimate of drug-likeness (QED) is 0.569. The first kappa shape index (κ1) is 19.4. The van der Waals surface area contributed by atoms with Crippen LogP contribution in [0.25, 0.3) is 0 Å². The van der Waals surface area contributed by atoms with E-state index in [-0.39, 0.29) is 0 Å². The van der Waals surface area contributed by atoms with Crippen molar-refractivity contribution in [3.8, 4) is 0 Å². The van der Waals surface area contributed by atoms with Gasteiger partial charge in [0, 0.05) is 9.77 Å². The van der Waals surface area contributed by atoms with E-state index in [1.165, 1.54) is 30.0 Å². The van der Waals surface area contributed by atoms with Crippen LogP contribution in [0.15, 0.2) is 29.2 Å². The first-order valence-corrected chi connectivity index (χ1v) is 10.6. The standard InChI is InChI=1S/C19H20N2O4S2/c1-10(25-19(24)12-6-3-4-8-13(12)26-2)17(23)21-18-15(16(20)22)11-7-5-9-14(11)27-18/h3-4,6,8,10H,5,7,9H2,1-2H3,(H2,20,22)(H,21,23)/t10-/m1/s1. The number of primary amides is 1. The van der Waals surface area contributed by atoms with Crippen molar-refractivity contribution in [2.75, 3.05) is 11.6 Å². The highest BCUT2D eigenvalue weighted by Gasteiger charge is 2.28. The van der Waals surface area contributed by atoms with Gasteiger partial charge in [-0.25, -0.2) is 4.79 Å². The predicted molar refractivity (Wildman–Crippen MR) is 107 cm³/mol. The Morgan fingerprint density at radius 2 is 2.00 bits per heavy atom. The molecular weight excluding hydrogens is 384 g/mol. The van der Waals surface area contributed by atoms with E-state index >= 15 is 0 Å². The maximum atomic E-state index is 12.5. The molecule has 1 aromatic heterocycles. The zero-order valence-corrected chi connectivity index (χ0v) is 16.7. The summed E-state index contributed by atoms with van der Waals surface area (Å²) in [6.07, 6.45) is 3.51. The molecule has 0 bridgehead atoms. The second-order valence-electron chi connectivity index (χ2n) is 6.16. The fourth-order valence-corrected chi connectivity index (χ4v) is 4.94. The lowest BCUT2D eigenvalue weighted by Gasteiger charge is -2.14. The van der Waals surface area contributed by atoms with Gasteiger partial charge in [-0.15, -0.1) is 23.1 Å². The summed E-state index contributed by atoms with van der Waals surface area (Å²) in [6.45, 7) is 1.50. The average molecular weight is 405 g/mol. The molecule has 0 saturated heterocycles. The Morgan fingerprint density at radius 1 is 1.26 bits per heavy atom. The Bertz CT molecular complexity index is 907. The topological polar surface area (TPSA) is 98.5 Å². The summed E-state index contributed by atoms with van der Waals surface area (Å²) in [5, 5.41) is 3.14. The number of fused-ring (bicyclic) bond motifs is 1. The van der Waals surface area contributed by atoms with Crippen molar-refractivity contribution >= 4 is 45.9 Å². The Hall–Kier alpha value is -2.32. The van der Waals surface area contributed by atoms with Crippen molar-refractivity contribution in [2.45, 2.75) is 37.2 Å². The fourth-order valence-electron chi connectivity index (χ4n) is 3.06. The van der Waals surface area contributed by atoms with Crippen LogP contribution in [0.5, 0.6) is 0 Å². The second-order valence-corrected chi connectivity index (χ2v) is 8.12. The van der Waals surface area contributed by atoms with Gasteiger partial charge < -0.3 is 15.8 Å². The monoisotopic (exact) mass is 404 g/mol. The molecule has 0 aliphatic heterocycles. The number of aryl methyl sites for hydroxylation is 1. The van der Waals surface area contributed by atoms with E-state index in [9.17, 15) is 14.4 Å². The highest BCUT2D eigenvalue weighted by atomic mass is 32.2. The summed E-state index contributed by atoms with van der Waals surface area (Å²) in [5.41, 5.74) is 7.23. The van der Waals surface area contributed by atoms with Gasteiger partial charge in [-0.2, -0.15) is 0 Å². The summed E-state index contributed by atoms with van der Waals surface area (Å²) in [7, 11) is 0. The largest absolute Gasteiger partial charge is 0.449 e. The highest BCUT2D eigenvalue weighted by Crippen LogP contribution is 2.38. The number of thioether (sulfide) groups is 1. The molecule has 0 fully saturated rings. The molecule has 1 aliphatic rings. The van der Waals surface area contributed by atoms with Gasteiger partial charge in [0.25, 0.3) is 11.8 Å². The van der Waals surface area contributed by atoms with Crippen molar-refractivity contribution in [3.05, 3.63) is 45.8 Å². The third-order valence-corrected chi connectivity index (χ3v) is 6.39. The van der Waals surface area contributed by atoms with Crippen LogP contribution in [0, 0.1) is 0 Å². The number of amides is 2. The molecule has 1 aliphatic carbocycles. The Morgan fingerprint density at radius 3 is 2.70 bits per heavy atom. The normalized spacial score (nSPS) is 13.7. The lowest BCUT2D eigenvalue weighted by molar-refractivity contribution is -0.123. The van der Waals surface area contributed by atoms with E-state index in [4.69, 9.17) is 10.5 Å². The first-order chi connectivity index (χ1) is 12.9. The maximum absolute atomic E-state index is 12.5. The number of rotatable bonds is 6. The SMILES string of the molecule is CSc1ccccc1C(=O)O[C@H](C)C(=O)Nc1sc2c(c1C(N)=O)CCC2. The molecule has 27 heavy (non-hydrogen) atoms. The molecule has 1 heterocycles. The van der Waals surface area contributed by atoms with Gasteiger partial charge in [0.15, 0.2) is 6.10 Å². The van der Waals surface area contributed by atoms with Crippen LogP contribution < -0.4 is 11.1 Å². The molecule has 3 N–H and O–H groups in total. The van der Waals surface area contributed by atoms with Gasteiger partial charge in [0.05, 0.1) is 11.1 Å². The Labute approximate surface area is 165 Å². The fraction of sp³-hybridized carbons (Fsp3) is 0.316. The van der Waals surface area contributed by atoms with Gasteiger partial charge in [0.2, 0.25) is 0 Å². The maximum Gasteiger partial charge on any atom is 0.340 e. The first-order valence-electron chi connectivity index (χ1n) is 8.51. The average Bonchev–Trinajstić information content (AvgIpc) is 3.21. The van der Waals surface area contributed by atoms with E-state index in [1.807, 2.05) is 18.4 Å². The number of carbonyl (C=O) groups is 3. The van der Waals surface area contributed by atoms with Crippen molar-refractivity contribution in [1.82, 2.24) is 0 Å². The molecule has 0 radical (unpaired) electrons. The molecular formula is C19H20N2O4S2. The number of carbonyl (C=O) groups excluding carboxylic acids is 3. The van der Waals surface area contributed by atoms with Crippen molar-refractivity contribution in [2.24, 2.45) is 5.73 Å². The molecule has 3 rings (SSSR count). The number of hydrogen-bond donors (Lipinski definition) is 2. The number of esters is 1. The van der Waals surface area contributed by atoms with Gasteiger partial charge >= 0.3 is 5.97 Å². The zero-order chi connectivity index (χ0) is 19.6. The second kappa shape index (κ2) is 8.14. The van der Waals surface area contributed by atoms with E-state index in [1.54, 1.807) is 12.1 Å². The van der Waals surface area contributed by atoms with Gasteiger partial charge in [-0.3, -0.25) is 9.59 Å². The molecule has 0 spiro atoms. The highest BCUT2D eigenvalue weighted by molar-refractivity contribution is 7.98. The molecule has 1 aromatic carbocycles. The molecule has 2 amide bonds. The van der Waals surface area contributed by atoms with Crippen LogP contribution in [0.1, 0.15) is 44.5 Å². The number of nitrogens with one attached hydrogen (secondary N) is 1. The summed E-state index contributed by atoms with van der Waals surface area (Å²) < 4.78 is 5.31. The third kappa shape index (κ3) is 4.01. The lowest BCUT2D eigenvalue weighted by Crippen LogP contribution is -2.30. The van der Waals surface area contributed by atoms with Crippen LogP contribution in [-0.4, -0.2) is 30.1 Å². The zero-order valence-electron chi connectivity index (χ0n) is 15.0. The smallest absolute Gasteiger partial charge is 0.340 e. The Kier molecular flexibility index (Phi) is 5.86. The number of ether oxygens (including phenoxy) is 1. The van der Waals surface area contributed by atoms with Crippen LogP contribution in [-0.2, 0) is 22.4 Å². The number of hydrogen-bond acceptors (Lipinski definition) is 6. The minimum Gasteiger partial charge on any atom is -0.449 e. The molecule has 6 nitrogen and oxygen atoms in total. The van der Waals surface area contributed by atoms with Crippen molar-refractivity contribution in [3.63, 3.8) is 0 Å². The molecule has 0 unspecified atom stereocenters. The lowest BCUT2D eigenvalue weighted by atomic mass is 10.1. The summed E-state index contributed by atoms with van der Waals surface area (Å²) in [6, 6.07) is 7.06. The predicted octanol–water partition coefficient (Wildman–Crippen LogP) is 3.24. The molecule has 2 aromatic rings. The van der Waals surface area contributed by atoms with E-state index < -0.39 is 23.9 Å². The van der Waals surface area contributed by atoms with Crippen molar-refractivity contribution < 1.29 is 19.1 Å². The van der Waals surface area contributed by atoms with E-state index in [2.05, 4.69) is 5.32 Å². The number of anilines is 1. The van der Waals surface area contributed by atoms with E-state index in [0.717, 1.165) is 34.6 Å². The van der Waals surface area contributed by atoms with Crippen LogP contribution in [0.4, 0.5) is 5.00 Å². The molecule has 8 heteroatoms. The molecule has 0 saturated carbocycles. The summed E-state index contributed by atoms with van der Waals surface area (Å²) in [5.74, 6) is -1.61. The van der Waals surface area contributed by atoms with Crippen LogP contribution in [0.3, 0.4) is 0 Å². The van der Waals surface area contributed by atoms with Gasteiger partial charge in [-0.1, -0.05) is 12.1 Å². The van der Waals surface area contributed by atoms with Crippen LogP contribution in [0.2, 0.25) is 0 Å². The summed E-state index contributed by atoms with van der Waals surface area (Å²) >= 11 is 2.80. The molecule has 142 valence electrons. The minimum absolute atomic E-state index is 0.382. The Balaban J connectivity index is 1.72. The number of benzene rings is 1. The summed E-state index contributed by atoms with van der Waals surface area (Å²) in [4.78, 5) is 38.6. The minimum atomic E-state index is -1.01. The van der Waals surface area contributed by atoms with E-state index in [0.29, 0.717) is 16.1 Å².